The third-order valence-corrected chi connectivity index (χ3v) is 6.69. The highest BCUT2D eigenvalue weighted by Gasteiger charge is 2.24. The smallest absolute Gasteiger partial charge is 0.335 e. The van der Waals surface area contributed by atoms with Crippen molar-refractivity contribution in [1.82, 2.24) is 19.7 Å². The highest BCUT2D eigenvalue weighted by Crippen LogP contribution is 2.51. The summed E-state index contributed by atoms with van der Waals surface area (Å²) in [6, 6.07) is 9.14. The van der Waals surface area contributed by atoms with Crippen LogP contribution >= 0.6 is 7.60 Å². The van der Waals surface area contributed by atoms with E-state index in [0.717, 1.165) is 11.1 Å². The van der Waals surface area contributed by atoms with Gasteiger partial charge in [0, 0.05) is 19.4 Å². The summed E-state index contributed by atoms with van der Waals surface area (Å²) in [5.41, 5.74) is 8.12. The van der Waals surface area contributed by atoms with E-state index in [1.165, 1.54) is 9.58 Å². The van der Waals surface area contributed by atoms with E-state index < -0.39 is 7.60 Å². The molecule has 0 radical (unpaired) electrons. The zero-order chi connectivity index (χ0) is 23.8. The van der Waals surface area contributed by atoms with Crippen molar-refractivity contribution in [3.8, 4) is 5.95 Å². The zero-order valence-electron chi connectivity index (χ0n) is 18.8. The van der Waals surface area contributed by atoms with E-state index in [0.29, 0.717) is 17.9 Å². The molecule has 3 rings (SSSR count). The van der Waals surface area contributed by atoms with Crippen LogP contribution in [0.3, 0.4) is 0 Å². The van der Waals surface area contributed by atoms with Gasteiger partial charge in [0.2, 0.25) is 6.41 Å². The zero-order valence-corrected chi connectivity index (χ0v) is 19.7. The summed E-state index contributed by atoms with van der Waals surface area (Å²) in [6.07, 6.45) is 4.08. The average Bonchev–Trinajstić information content (AvgIpc) is 3.32. The lowest BCUT2D eigenvalue weighted by molar-refractivity contribution is -0.107. The molecule has 0 fully saturated rings. The van der Waals surface area contributed by atoms with Crippen LogP contribution in [0.5, 0.6) is 0 Å². The number of carbonyl (C=O) groups is 1. The molecule has 0 saturated heterocycles. The van der Waals surface area contributed by atoms with E-state index in [4.69, 9.17) is 14.8 Å². The Balaban J connectivity index is 1.91. The lowest BCUT2D eigenvalue weighted by atomic mass is 10.1. The van der Waals surface area contributed by atoms with Crippen LogP contribution in [-0.4, -0.2) is 46.4 Å². The predicted molar refractivity (Wildman–Crippen MR) is 126 cm³/mol. The van der Waals surface area contributed by atoms with Crippen LogP contribution in [0.4, 0.5) is 17.3 Å². The van der Waals surface area contributed by atoms with Gasteiger partial charge in [-0.25, -0.2) is 4.68 Å². The van der Waals surface area contributed by atoms with Crippen molar-refractivity contribution in [3.63, 3.8) is 0 Å². The van der Waals surface area contributed by atoms with Crippen LogP contribution < -0.4 is 16.0 Å². The second-order valence-electron chi connectivity index (χ2n) is 6.97. The molecule has 33 heavy (non-hydrogen) atoms. The van der Waals surface area contributed by atoms with Crippen molar-refractivity contribution in [2.75, 3.05) is 36.2 Å². The minimum atomic E-state index is -3.25. The summed E-state index contributed by atoms with van der Waals surface area (Å²) >= 11 is 0. The summed E-state index contributed by atoms with van der Waals surface area (Å²) < 4.78 is 25.2. The molecule has 0 bridgehead atoms. The Hall–Kier alpha value is -3.27. The molecule has 0 atom stereocenters. The van der Waals surface area contributed by atoms with E-state index in [9.17, 15) is 9.36 Å². The molecule has 0 aliphatic carbocycles. The number of amides is 1. The molecule has 1 amide bonds. The Morgan fingerprint density at radius 1 is 1.18 bits per heavy atom. The second kappa shape index (κ2) is 11.0. The molecule has 11 nitrogen and oxygen atoms in total. The highest BCUT2D eigenvalue weighted by atomic mass is 31.2. The van der Waals surface area contributed by atoms with Crippen molar-refractivity contribution in [1.29, 1.82) is 0 Å². The van der Waals surface area contributed by atoms with E-state index >= 15 is 0 Å². The van der Waals surface area contributed by atoms with Crippen molar-refractivity contribution in [3.05, 3.63) is 53.9 Å². The maximum Gasteiger partial charge on any atom is 0.335 e. The number of anilines is 3. The first kappa shape index (κ1) is 24.4. The highest BCUT2D eigenvalue weighted by molar-refractivity contribution is 7.53. The number of nitrogens with one attached hydrogen (secondary N) is 1. The number of carbonyl (C=O) groups excluding carboxylic acids is 1. The molecular weight excluding hydrogens is 445 g/mol. The number of nitrogen functional groups attached to an aromatic ring is 1. The number of hydrogen-bond acceptors (Lipinski definition) is 9. The molecule has 1 aromatic carbocycles. The van der Waals surface area contributed by atoms with Gasteiger partial charge in [0.05, 0.1) is 25.9 Å². The van der Waals surface area contributed by atoms with Crippen LogP contribution in [0.1, 0.15) is 25.0 Å². The lowest BCUT2D eigenvalue weighted by Gasteiger charge is -2.22. The summed E-state index contributed by atoms with van der Waals surface area (Å²) in [4.78, 5) is 22.2. The molecule has 0 aliphatic heterocycles. The molecule has 176 valence electrons. The van der Waals surface area contributed by atoms with Gasteiger partial charge in [0.25, 0.3) is 5.95 Å². The third-order valence-electron chi connectivity index (χ3n) is 4.64. The molecule has 0 spiro atoms. The maximum absolute atomic E-state index is 12.9. The van der Waals surface area contributed by atoms with Crippen LogP contribution in [0, 0.1) is 0 Å². The molecule has 2 heterocycles. The van der Waals surface area contributed by atoms with Crippen LogP contribution in [0.15, 0.2) is 42.7 Å². The number of hydrogen-bond donors (Lipinski definition) is 2. The Morgan fingerprint density at radius 3 is 2.52 bits per heavy atom. The van der Waals surface area contributed by atoms with Gasteiger partial charge in [-0.1, -0.05) is 24.3 Å². The van der Waals surface area contributed by atoms with Crippen LogP contribution in [0.2, 0.25) is 0 Å². The summed E-state index contributed by atoms with van der Waals surface area (Å²) in [6.45, 7) is 4.32. The predicted octanol–water partition coefficient (Wildman–Crippen LogP) is 3.22. The first-order valence-corrected chi connectivity index (χ1v) is 12.2. The molecule has 3 N–H and O–H groups in total. The molecule has 0 aliphatic rings. The summed E-state index contributed by atoms with van der Waals surface area (Å²) in [7, 11) is -1.58. The Kier molecular flexibility index (Phi) is 8.16. The molecule has 2 aromatic heterocycles. The average molecular weight is 473 g/mol. The minimum absolute atomic E-state index is 0.134. The van der Waals surface area contributed by atoms with E-state index in [1.54, 1.807) is 39.4 Å². The van der Waals surface area contributed by atoms with Crippen molar-refractivity contribution < 1.29 is 18.4 Å². The van der Waals surface area contributed by atoms with Crippen LogP contribution in [0.25, 0.3) is 5.95 Å². The van der Waals surface area contributed by atoms with Crippen molar-refractivity contribution >= 4 is 31.3 Å². The molecule has 0 unspecified atom stereocenters. The van der Waals surface area contributed by atoms with Crippen molar-refractivity contribution in [2.24, 2.45) is 0 Å². The van der Waals surface area contributed by atoms with E-state index in [2.05, 4.69) is 20.4 Å². The van der Waals surface area contributed by atoms with Gasteiger partial charge < -0.3 is 20.1 Å². The van der Waals surface area contributed by atoms with E-state index in [-0.39, 0.29) is 37.7 Å². The standard InChI is InChI=1S/C21H28N7O4P/c1-4-31-33(30,32-5-2)14-17-9-6-8-16(12-17)13-27(15-29)20-18(23-3)19(22)25-21(26-20)28-11-7-10-24-28/h6-12,15,23H,4-5,13-14H2,1-3H3,(H2,22,25,26). The number of benzene rings is 1. The first-order valence-electron chi connectivity index (χ1n) is 10.5. The molecular formula is C21H28N7O4P. The minimum Gasteiger partial charge on any atom is -0.382 e. The van der Waals surface area contributed by atoms with Gasteiger partial charge in [-0.15, -0.1) is 0 Å². The van der Waals surface area contributed by atoms with E-state index in [1.807, 2.05) is 24.3 Å². The molecule has 3 aromatic rings. The van der Waals surface area contributed by atoms with Gasteiger partial charge in [-0.2, -0.15) is 15.1 Å². The fraction of sp³-hybridized carbons (Fsp3) is 0.333. The topological polar surface area (TPSA) is 137 Å². The molecule has 0 saturated carbocycles. The fourth-order valence-corrected chi connectivity index (χ4v) is 5.01. The number of nitrogens with two attached hydrogens (primary N) is 1. The van der Waals surface area contributed by atoms with Gasteiger partial charge >= 0.3 is 7.60 Å². The second-order valence-corrected chi connectivity index (χ2v) is 9.02. The molecule has 12 heteroatoms. The normalized spacial score (nSPS) is 11.4. The number of nitrogens with zero attached hydrogens (tertiary/aromatic N) is 5. The Morgan fingerprint density at radius 2 is 1.91 bits per heavy atom. The number of aromatic nitrogens is 4. The summed E-state index contributed by atoms with van der Waals surface area (Å²) in [5.74, 6) is 0.731. The maximum atomic E-state index is 12.9. The van der Waals surface area contributed by atoms with Crippen molar-refractivity contribution in [2.45, 2.75) is 26.6 Å². The van der Waals surface area contributed by atoms with Gasteiger partial charge in [0.15, 0.2) is 11.6 Å². The lowest BCUT2D eigenvalue weighted by Crippen LogP contribution is -2.24. The first-order chi connectivity index (χ1) is 15.9. The van der Waals surface area contributed by atoms with Gasteiger partial charge in [-0.3, -0.25) is 14.3 Å². The summed E-state index contributed by atoms with van der Waals surface area (Å²) in [5, 5.41) is 7.09. The quantitative estimate of drug-likeness (QED) is 0.300. The fourth-order valence-electron chi connectivity index (χ4n) is 3.32. The Labute approximate surface area is 192 Å². The van der Waals surface area contributed by atoms with Crippen LogP contribution in [-0.2, 0) is 31.1 Å². The SMILES string of the molecule is CCOP(=O)(Cc1cccc(CN(C=O)c2nc(-n3cccn3)nc(N)c2NC)c1)OCC. The number of rotatable bonds is 12. The third kappa shape index (κ3) is 5.95. The van der Waals surface area contributed by atoms with Gasteiger partial charge in [0.1, 0.15) is 5.69 Å². The monoisotopic (exact) mass is 473 g/mol. The van der Waals surface area contributed by atoms with Gasteiger partial charge in [-0.05, 0) is 31.0 Å². The largest absolute Gasteiger partial charge is 0.382 e. The Bertz CT molecular complexity index is 1110.